The Labute approximate surface area is 197 Å². The molecule has 1 saturated heterocycles. The molecule has 1 N–H and O–H groups in total. The van der Waals surface area contributed by atoms with Crippen LogP contribution in [0.2, 0.25) is 0 Å². The third-order valence-electron chi connectivity index (χ3n) is 5.93. The molecular formula is C24H32N4O6. The molecule has 34 heavy (non-hydrogen) atoms. The van der Waals surface area contributed by atoms with Gasteiger partial charge >= 0.3 is 17.7 Å². The van der Waals surface area contributed by atoms with Gasteiger partial charge in [-0.15, -0.1) is 0 Å². The zero-order valence-corrected chi connectivity index (χ0v) is 20.0. The number of aromatic amines is 1. The third-order valence-corrected chi connectivity index (χ3v) is 5.93. The highest BCUT2D eigenvalue weighted by Crippen LogP contribution is 2.34. The zero-order valence-electron chi connectivity index (χ0n) is 20.0. The van der Waals surface area contributed by atoms with Crippen LogP contribution >= 0.6 is 0 Å². The molecule has 4 rings (SSSR count). The monoisotopic (exact) mass is 472 g/mol. The van der Waals surface area contributed by atoms with Gasteiger partial charge in [0.05, 0.1) is 5.71 Å². The van der Waals surface area contributed by atoms with E-state index in [2.05, 4.69) is 15.1 Å². The average Bonchev–Trinajstić information content (AvgIpc) is 3.58. The van der Waals surface area contributed by atoms with Crippen LogP contribution in [0.25, 0.3) is 11.1 Å². The number of nitrogens with zero attached hydrogens (tertiary/aromatic N) is 3. The molecule has 1 aliphatic carbocycles. The number of oxime groups is 1. The van der Waals surface area contributed by atoms with E-state index in [-0.39, 0.29) is 23.2 Å². The van der Waals surface area contributed by atoms with Crippen molar-refractivity contribution in [3.63, 3.8) is 0 Å². The molecule has 2 aliphatic rings. The summed E-state index contributed by atoms with van der Waals surface area (Å²) in [6, 6.07) is 1.23. The van der Waals surface area contributed by atoms with Crippen molar-refractivity contribution >= 4 is 22.9 Å². The van der Waals surface area contributed by atoms with Crippen molar-refractivity contribution < 1.29 is 18.8 Å². The summed E-state index contributed by atoms with van der Waals surface area (Å²) in [6.45, 7) is 6.39. The van der Waals surface area contributed by atoms with Crippen LogP contribution in [-0.4, -0.2) is 45.4 Å². The molecule has 10 heteroatoms. The molecule has 1 saturated carbocycles. The summed E-state index contributed by atoms with van der Waals surface area (Å²) in [5.41, 5.74) is -0.205. The van der Waals surface area contributed by atoms with Gasteiger partial charge in [0.2, 0.25) is 5.71 Å². The minimum absolute atomic E-state index is 0.0524. The lowest BCUT2D eigenvalue weighted by molar-refractivity contribution is 0.0248. The predicted octanol–water partition coefficient (Wildman–Crippen LogP) is 3.76. The van der Waals surface area contributed by atoms with Crippen LogP contribution in [-0.2, 0) is 11.2 Å². The first-order chi connectivity index (χ1) is 16.2. The van der Waals surface area contributed by atoms with E-state index in [4.69, 9.17) is 14.0 Å². The average molecular weight is 473 g/mol. The van der Waals surface area contributed by atoms with Gasteiger partial charge in [-0.1, -0.05) is 30.8 Å². The van der Waals surface area contributed by atoms with Crippen LogP contribution in [0.5, 0.6) is 6.01 Å². The van der Waals surface area contributed by atoms with E-state index in [1.165, 1.54) is 25.3 Å². The van der Waals surface area contributed by atoms with E-state index in [0.717, 1.165) is 24.5 Å². The number of carbonyl (C=O) groups excluding carboxylic acids is 1. The summed E-state index contributed by atoms with van der Waals surface area (Å²) in [6.07, 6.45) is 7.09. The molecule has 3 heterocycles. The van der Waals surface area contributed by atoms with Crippen molar-refractivity contribution in [2.24, 2.45) is 11.1 Å². The topological polar surface area (TPSA) is 127 Å². The first-order valence-electron chi connectivity index (χ1n) is 12.0. The summed E-state index contributed by atoms with van der Waals surface area (Å²) in [7, 11) is 0. The number of H-pyrrole nitrogens is 1. The van der Waals surface area contributed by atoms with E-state index in [1.54, 1.807) is 4.90 Å². The number of fused-ring (bicyclic) bond motifs is 1. The first-order valence-corrected chi connectivity index (χ1v) is 12.0. The van der Waals surface area contributed by atoms with Gasteiger partial charge < -0.3 is 18.9 Å². The molecule has 2 aromatic rings. The van der Waals surface area contributed by atoms with Gasteiger partial charge in [-0.05, 0) is 45.1 Å². The minimum Gasteiger partial charge on any atom is -0.444 e. The summed E-state index contributed by atoms with van der Waals surface area (Å²) < 4.78 is 10.6. The predicted molar refractivity (Wildman–Crippen MR) is 126 cm³/mol. The smallest absolute Gasteiger partial charge is 0.410 e. The van der Waals surface area contributed by atoms with Crippen LogP contribution in [0.4, 0.5) is 4.79 Å². The number of hydrogen-bond acceptors (Lipinski definition) is 8. The number of ether oxygens (including phenoxy) is 1. The van der Waals surface area contributed by atoms with E-state index in [1.807, 2.05) is 20.8 Å². The van der Waals surface area contributed by atoms with Crippen molar-refractivity contribution in [1.82, 2.24) is 14.9 Å². The second-order valence-corrected chi connectivity index (χ2v) is 10.0. The van der Waals surface area contributed by atoms with E-state index < -0.39 is 16.8 Å². The van der Waals surface area contributed by atoms with Gasteiger partial charge in [0.15, 0.2) is 0 Å². The minimum atomic E-state index is -0.548. The van der Waals surface area contributed by atoms with Crippen LogP contribution in [0.1, 0.15) is 71.3 Å². The lowest BCUT2D eigenvalue weighted by Gasteiger charge is -2.30. The molecule has 0 atom stereocenters. The molecule has 0 unspecified atom stereocenters. The van der Waals surface area contributed by atoms with Gasteiger partial charge in [-0.2, -0.15) is 4.98 Å². The molecule has 2 aromatic heterocycles. The number of unbranched alkanes of at least 4 members (excludes halogenated alkanes) is 1. The van der Waals surface area contributed by atoms with Gasteiger partial charge in [0.1, 0.15) is 11.0 Å². The Hall–Kier alpha value is -3.17. The summed E-state index contributed by atoms with van der Waals surface area (Å²) >= 11 is 0. The van der Waals surface area contributed by atoms with E-state index >= 15 is 0 Å². The maximum Gasteiger partial charge on any atom is 0.410 e. The number of likely N-dealkylation sites (tertiary alicyclic amines) is 1. The lowest BCUT2D eigenvalue weighted by atomic mass is 10.0. The number of carbonyl (C=O) groups is 1. The largest absolute Gasteiger partial charge is 0.444 e. The van der Waals surface area contributed by atoms with Gasteiger partial charge in [0, 0.05) is 32.0 Å². The molecule has 2 fully saturated rings. The number of hydrogen-bond donors (Lipinski definition) is 1. The highest BCUT2D eigenvalue weighted by molar-refractivity contribution is 5.86. The molecular weight excluding hydrogens is 440 g/mol. The van der Waals surface area contributed by atoms with Crippen molar-refractivity contribution in [2.45, 2.75) is 77.7 Å². The molecule has 0 bridgehead atoms. The fourth-order valence-electron chi connectivity index (χ4n) is 4.00. The number of nitrogens with one attached hydrogen (secondary N) is 1. The Morgan fingerprint density at radius 1 is 1.24 bits per heavy atom. The summed E-state index contributed by atoms with van der Waals surface area (Å²) in [4.78, 5) is 50.6. The second kappa shape index (κ2) is 9.99. The standard InChI is InChI=1S/C24H32N4O6/c1-24(2,3)33-23(31)28-12-10-17(11-13-28)27-34-22-25-20(30)19-16(7-5-4-6-15-8-9-15)14-18(29)32-21(19)26-22/h14-15H,4-13H2,1-3H3,(H,25,26,30). The third kappa shape index (κ3) is 6.45. The fraction of sp³-hybridized carbons (Fsp3) is 0.625. The first kappa shape index (κ1) is 24.0. The summed E-state index contributed by atoms with van der Waals surface area (Å²) in [5, 5.41) is 4.36. The normalized spacial score (nSPS) is 16.6. The quantitative estimate of drug-likeness (QED) is 0.480. The molecule has 1 amide bonds. The second-order valence-electron chi connectivity index (χ2n) is 10.0. The SMILES string of the molecule is CC(C)(C)OC(=O)N1CCC(=NOc2nc3oc(=O)cc(CCCCC4CC4)c3c(=O)[nH]2)CC1. The van der Waals surface area contributed by atoms with E-state index in [9.17, 15) is 14.4 Å². The lowest BCUT2D eigenvalue weighted by Crippen LogP contribution is -2.42. The Balaban J connectivity index is 1.40. The maximum atomic E-state index is 12.7. The van der Waals surface area contributed by atoms with E-state index in [0.29, 0.717) is 37.9 Å². The van der Waals surface area contributed by atoms with Crippen LogP contribution in [0, 0.1) is 5.92 Å². The van der Waals surface area contributed by atoms with Crippen molar-refractivity contribution in [1.29, 1.82) is 0 Å². The number of piperidine rings is 1. The van der Waals surface area contributed by atoms with Crippen molar-refractivity contribution in [3.8, 4) is 6.01 Å². The Kier molecular flexibility index (Phi) is 7.04. The summed E-state index contributed by atoms with van der Waals surface area (Å²) in [5.74, 6) is 0.855. The molecule has 0 radical (unpaired) electrons. The maximum absolute atomic E-state index is 12.7. The number of aryl methyl sites for hydroxylation is 1. The zero-order chi connectivity index (χ0) is 24.3. The Morgan fingerprint density at radius 2 is 1.97 bits per heavy atom. The van der Waals surface area contributed by atoms with Gasteiger partial charge in [-0.25, -0.2) is 9.59 Å². The Morgan fingerprint density at radius 3 is 2.65 bits per heavy atom. The molecule has 0 aromatic carbocycles. The van der Waals surface area contributed by atoms with Gasteiger partial charge in [0.25, 0.3) is 5.56 Å². The van der Waals surface area contributed by atoms with Crippen LogP contribution in [0.15, 0.2) is 25.2 Å². The highest BCUT2D eigenvalue weighted by Gasteiger charge is 2.25. The highest BCUT2D eigenvalue weighted by atomic mass is 16.6. The van der Waals surface area contributed by atoms with Crippen LogP contribution < -0.4 is 16.0 Å². The molecule has 10 nitrogen and oxygen atoms in total. The van der Waals surface area contributed by atoms with Crippen LogP contribution in [0.3, 0.4) is 0 Å². The molecule has 0 spiro atoms. The Bertz CT molecular complexity index is 1180. The molecule has 1 aliphatic heterocycles. The number of amides is 1. The number of aromatic nitrogens is 2. The molecule has 184 valence electrons. The van der Waals surface area contributed by atoms with Crippen molar-refractivity contribution in [2.75, 3.05) is 13.1 Å². The number of rotatable bonds is 7. The fourth-order valence-corrected chi connectivity index (χ4v) is 4.00. The van der Waals surface area contributed by atoms with Gasteiger partial charge in [-0.3, -0.25) is 9.78 Å². The van der Waals surface area contributed by atoms with Crippen molar-refractivity contribution in [3.05, 3.63) is 32.4 Å².